The van der Waals surface area contributed by atoms with E-state index in [1.807, 2.05) is 6.92 Å². The zero-order valence-electron chi connectivity index (χ0n) is 17.4. The summed E-state index contributed by atoms with van der Waals surface area (Å²) in [6.07, 6.45) is 0.685. The monoisotopic (exact) mass is 464 g/mol. The van der Waals surface area contributed by atoms with E-state index in [4.69, 9.17) is 20.9 Å². The largest absolute Gasteiger partial charge is 0.389 e. The summed E-state index contributed by atoms with van der Waals surface area (Å²) in [5.41, 5.74) is 11.7. The number of anilines is 2. The minimum atomic E-state index is -0.795. The summed E-state index contributed by atoms with van der Waals surface area (Å²) >= 11 is 0.818. The number of carbonyl (C=O) groups is 1. The number of amides is 1. The highest BCUT2D eigenvalue weighted by Gasteiger charge is 2.35. The molecule has 2 aromatic heterocycles. The molecule has 3 aromatic rings. The van der Waals surface area contributed by atoms with Crippen molar-refractivity contribution in [1.82, 2.24) is 14.8 Å². The van der Waals surface area contributed by atoms with Gasteiger partial charge < -0.3 is 26.3 Å². The van der Waals surface area contributed by atoms with Gasteiger partial charge in [-0.15, -0.1) is 0 Å². The molecule has 0 bridgehead atoms. The summed E-state index contributed by atoms with van der Waals surface area (Å²) in [7, 11) is 1.69. The molecule has 5 N–H and O–H groups in total. The predicted octanol–water partition coefficient (Wildman–Crippen LogP) is 2.67. The number of rotatable bonds is 5. The highest BCUT2D eigenvalue weighted by molar-refractivity contribution is 7.19. The van der Waals surface area contributed by atoms with E-state index in [-0.39, 0.29) is 26.7 Å². The van der Waals surface area contributed by atoms with Crippen LogP contribution in [0.2, 0.25) is 0 Å². The van der Waals surface area contributed by atoms with Crippen LogP contribution in [0.3, 0.4) is 0 Å². The first-order valence-electron chi connectivity index (χ1n) is 9.69. The van der Waals surface area contributed by atoms with Gasteiger partial charge in [0.2, 0.25) is 6.29 Å². The lowest BCUT2D eigenvalue weighted by Gasteiger charge is -2.36. The lowest BCUT2D eigenvalue weighted by molar-refractivity contribution is -0.230. The van der Waals surface area contributed by atoms with Crippen LogP contribution in [-0.4, -0.2) is 40.4 Å². The molecule has 1 aliphatic rings. The zero-order chi connectivity index (χ0) is 23.0. The minimum absolute atomic E-state index is 0.0227. The second-order valence-corrected chi connectivity index (χ2v) is 8.85. The molecule has 0 aliphatic carbocycles. The van der Waals surface area contributed by atoms with Gasteiger partial charge in [0.05, 0.1) is 30.7 Å². The van der Waals surface area contributed by atoms with Gasteiger partial charge in [-0.2, -0.15) is 5.10 Å². The van der Waals surface area contributed by atoms with E-state index in [1.165, 1.54) is 16.9 Å². The molecule has 0 atom stereocenters. The van der Waals surface area contributed by atoms with Gasteiger partial charge in [-0.3, -0.25) is 9.48 Å². The van der Waals surface area contributed by atoms with Crippen molar-refractivity contribution in [2.24, 2.45) is 18.2 Å². The molecular formula is C20H22F2N6O3S. The number of carbonyl (C=O) groups excluding carboxylic acids is 1. The molecule has 0 saturated carbocycles. The molecule has 0 radical (unpaired) electrons. The Balaban J connectivity index is 1.57. The summed E-state index contributed by atoms with van der Waals surface area (Å²) in [5.74, 6) is -2.24. The molecule has 1 saturated heterocycles. The number of hydrogen-bond donors (Lipinski definition) is 3. The molecule has 12 heteroatoms. The van der Waals surface area contributed by atoms with Crippen LogP contribution in [0.4, 0.5) is 19.5 Å². The molecule has 4 rings (SSSR count). The Kier molecular flexibility index (Phi) is 5.95. The van der Waals surface area contributed by atoms with Crippen LogP contribution in [0.15, 0.2) is 24.4 Å². The van der Waals surface area contributed by atoms with Crippen molar-refractivity contribution < 1.29 is 23.0 Å². The van der Waals surface area contributed by atoms with Crippen LogP contribution in [0.5, 0.6) is 0 Å². The van der Waals surface area contributed by atoms with Gasteiger partial charge in [0.1, 0.15) is 27.3 Å². The van der Waals surface area contributed by atoms with Gasteiger partial charge in [-0.1, -0.05) is 24.3 Å². The van der Waals surface area contributed by atoms with Crippen LogP contribution in [0.25, 0.3) is 10.6 Å². The lowest BCUT2D eigenvalue weighted by atomic mass is 9.92. The molecule has 1 aromatic carbocycles. The quantitative estimate of drug-likeness (QED) is 0.529. The third-order valence-corrected chi connectivity index (χ3v) is 6.06. The Labute approximate surface area is 186 Å². The van der Waals surface area contributed by atoms with Gasteiger partial charge in [0.25, 0.3) is 5.91 Å². The van der Waals surface area contributed by atoms with E-state index in [0.717, 1.165) is 23.5 Å². The van der Waals surface area contributed by atoms with E-state index in [2.05, 4.69) is 15.4 Å². The maximum absolute atomic E-state index is 14.1. The average molecular weight is 464 g/mol. The third-order valence-electron chi connectivity index (χ3n) is 5.16. The average Bonchev–Trinajstić information content (AvgIpc) is 3.31. The number of ether oxygens (including phenoxy) is 2. The summed E-state index contributed by atoms with van der Waals surface area (Å²) in [6.45, 7) is 3.12. The van der Waals surface area contributed by atoms with Gasteiger partial charge >= 0.3 is 0 Å². The molecule has 1 fully saturated rings. The lowest BCUT2D eigenvalue weighted by Crippen LogP contribution is -2.42. The van der Waals surface area contributed by atoms with Crippen molar-refractivity contribution in [1.29, 1.82) is 0 Å². The number of aryl methyl sites for hydroxylation is 1. The van der Waals surface area contributed by atoms with Gasteiger partial charge in [0, 0.05) is 19.0 Å². The Morgan fingerprint density at radius 2 is 2.00 bits per heavy atom. The first-order chi connectivity index (χ1) is 15.2. The van der Waals surface area contributed by atoms with Crippen LogP contribution in [0, 0.1) is 17.0 Å². The predicted molar refractivity (Wildman–Crippen MR) is 115 cm³/mol. The molecule has 0 unspecified atom stereocenters. The molecule has 32 heavy (non-hydrogen) atoms. The number of hydrogen-bond acceptors (Lipinski definition) is 8. The number of nitrogens with two attached hydrogens (primary N) is 2. The molecule has 0 spiro atoms. The number of aromatic nitrogens is 3. The van der Waals surface area contributed by atoms with Crippen LogP contribution in [-0.2, 0) is 16.5 Å². The van der Waals surface area contributed by atoms with Gasteiger partial charge in [-0.05, 0) is 12.1 Å². The summed E-state index contributed by atoms with van der Waals surface area (Å²) < 4.78 is 41.4. The highest BCUT2D eigenvalue weighted by Crippen LogP contribution is 2.36. The van der Waals surface area contributed by atoms with Crippen LogP contribution < -0.4 is 16.8 Å². The number of thiazole rings is 1. The van der Waals surface area contributed by atoms with Crippen molar-refractivity contribution in [3.8, 4) is 10.6 Å². The maximum Gasteiger partial charge on any atom is 0.277 e. The fourth-order valence-electron chi connectivity index (χ4n) is 3.23. The third kappa shape index (κ3) is 4.09. The molecule has 170 valence electrons. The number of benzene rings is 1. The smallest absolute Gasteiger partial charge is 0.277 e. The Bertz CT molecular complexity index is 1140. The van der Waals surface area contributed by atoms with E-state index in [0.29, 0.717) is 31.1 Å². The van der Waals surface area contributed by atoms with Crippen molar-refractivity contribution in [2.75, 3.05) is 30.8 Å². The molecule has 3 heterocycles. The van der Waals surface area contributed by atoms with E-state index < -0.39 is 23.8 Å². The van der Waals surface area contributed by atoms with Gasteiger partial charge in [-0.25, -0.2) is 13.8 Å². The minimum Gasteiger partial charge on any atom is -0.389 e. The van der Waals surface area contributed by atoms with Crippen molar-refractivity contribution in [3.63, 3.8) is 0 Å². The normalized spacial score (nSPS) is 21.0. The highest BCUT2D eigenvalue weighted by atomic mass is 32.1. The maximum atomic E-state index is 14.1. The standard InChI is InChI=1S/C20H22F2N6O3S/c1-20(7-23)8-30-19(31-9-20)15-12(6-25-28(15)2)26-17(29)14-16(24)32-18(27-14)13-10(21)4-3-5-11(13)22/h3-6,19H,7-9,23-24H2,1-2H3,(H,26,29). The van der Waals surface area contributed by atoms with Crippen molar-refractivity contribution in [2.45, 2.75) is 13.2 Å². The Morgan fingerprint density at radius 3 is 2.62 bits per heavy atom. The summed E-state index contributed by atoms with van der Waals surface area (Å²) in [4.78, 5) is 16.9. The number of nitrogens with one attached hydrogen (secondary N) is 1. The van der Waals surface area contributed by atoms with E-state index in [1.54, 1.807) is 7.05 Å². The number of nitrogen functional groups attached to an aromatic ring is 1. The summed E-state index contributed by atoms with van der Waals surface area (Å²) in [6, 6.07) is 3.46. The van der Waals surface area contributed by atoms with Crippen LogP contribution >= 0.6 is 11.3 Å². The number of nitrogens with zero attached hydrogens (tertiary/aromatic N) is 3. The molecular weight excluding hydrogens is 442 g/mol. The van der Waals surface area contributed by atoms with Crippen molar-refractivity contribution in [3.05, 3.63) is 47.4 Å². The fourth-order valence-corrected chi connectivity index (χ4v) is 4.10. The van der Waals surface area contributed by atoms with Crippen molar-refractivity contribution >= 4 is 27.9 Å². The Hall–Kier alpha value is -2.93. The van der Waals surface area contributed by atoms with E-state index >= 15 is 0 Å². The second kappa shape index (κ2) is 8.54. The van der Waals surface area contributed by atoms with E-state index in [9.17, 15) is 13.6 Å². The summed E-state index contributed by atoms with van der Waals surface area (Å²) in [5, 5.41) is 6.84. The first kappa shape index (κ1) is 22.3. The number of halogens is 2. The zero-order valence-corrected chi connectivity index (χ0v) is 18.2. The second-order valence-electron chi connectivity index (χ2n) is 7.82. The van der Waals surface area contributed by atoms with Gasteiger partial charge in [0.15, 0.2) is 5.69 Å². The molecule has 1 aliphatic heterocycles. The first-order valence-corrected chi connectivity index (χ1v) is 10.5. The molecule has 1 amide bonds. The SMILES string of the molecule is Cn1ncc(NC(=O)c2nc(-c3c(F)cccc3F)sc2N)c1C1OCC(C)(CN)CO1. The molecule has 9 nitrogen and oxygen atoms in total. The fraction of sp³-hybridized carbons (Fsp3) is 0.350. The topological polar surface area (TPSA) is 130 Å². The Morgan fingerprint density at radius 1 is 1.34 bits per heavy atom. The van der Waals surface area contributed by atoms with Crippen LogP contribution in [0.1, 0.15) is 29.4 Å².